The molecular weight excluding hydrogens is 258 g/mol. The lowest BCUT2D eigenvalue weighted by molar-refractivity contribution is 0.275. The van der Waals surface area contributed by atoms with Crippen LogP contribution in [0.1, 0.15) is 12.5 Å². The molecule has 0 aliphatic carbocycles. The van der Waals surface area contributed by atoms with Crippen LogP contribution in [0, 0.1) is 0 Å². The normalized spacial score (nSPS) is 14.6. The minimum absolute atomic E-state index is 0.136. The summed E-state index contributed by atoms with van der Waals surface area (Å²) in [6.07, 6.45) is 1.97. The lowest BCUT2D eigenvalue weighted by Gasteiger charge is -2.21. The number of aliphatic hydroxyl groups excluding tert-OH is 1. The Labute approximate surface area is 111 Å². The highest BCUT2D eigenvalue weighted by Gasteiger charge is 2.14. The van der Waals surface area contributed by atoms with Crippen molar-refractivity contribution in [2.75, 3.05) is 12.9 Å². The average molecular weight is 276 g/mol. The second-order valence-corrected chi connectivity index (χ2v) is 5.41. The number of nitrogens with one attached hydrogen (secondary N) is 1. The molecule has 17 heavy (non-hydrogen) atoms. The summed E-state index contributed by atoms with van der Waals surface area (Å²) in [4.78, 5) is 0. The van der Waals surface area contributed by atoms with Crippen LogP contribution in [0.25, 0.3) is 0 Å². The highest BCUT2D eigenvalue weighted by atomic mass is 35.5. The van der Waals surface area contributed by atoms with Gasteiger partial charge in [0.15, 0.2) is 0 Å². The zero-order valence-electron chi connectivity index (χ0n) is 9.98. The maximum absolute atomic E-state index is 9.65. The molecule has 3 nitrogen and oxygen atoms in total. The van der Waals surface area contributed by atoms with E-state index in [0.717, 1.165) is 5.56 Å². The average Bonchev–Trinajstić information content (AvgIpc) is 2.32. The van der Waals surface area contributed by atoms with Crippen molar-refractivity contribution in [3.63, 3.8) is 0 Å². The van der Waals surface area contributed by atoms with Crippen molar-refractivity contribution in [2.24, 2.45) is 0 Å². The van der Waals surface area contributed by atoms with Crippen molar-refractivity contribution in [3.05, 3.63) is 28.8 Å². The summed E-state index contributed by atoms with van der Waals surface area (Å²) < 4.78 is 0. The van der Waals surface area contributed by atoms with E-state index in [1.165, 1.54) is 0 Å². The van der Waals surface area contributed by atoms with Gasteiger partial charge >= 0.3 is 0 Å². The molecule has 0 amide bonds. The second kappa shape index (κ2) is 7.11. The number of thioether (sulfide) groups is 1. The van der Waals surface area contributed by atoms with Crippen LogP contribution in [0.3, 0.4) is 0 Å². The van der Waals surface area contributed by atoms with Gasteiger partial charge in [0.25, 0.3) is 0 Å². The molecule has 1 rings (SSSR count). The van der Waals surface area contributed by atoms with Crippen molar-refractivity contribution in [1.29, 1.82) is 0 Å². The maximum Gasteiger partial charge on any atom is 0.120 e. The largest absolute Gasteiger partial charge is 0.508 e. The molecule has 2 atom stereocenters. The predicted molar refractivity (Wildman–Crippen MR) is 73.8 cm³/mol. The van der Waals surface area contributed by atoms with E-state index in [1.54, 1.807) is 30.0 Å². The molecule has 2 unspecified atom stereocenters. The van der Waals surface area contributed by atoms with Crippen LogP contribution in [0.5, 0.6) is 5.75 Å². The molecule has 0 aliphatic heterocycles. The summed E-state index contributed by atoms with van der Waals surface area (Å²) in [5.41, 5.74) is 0.766. The molecular formula is C12H18ClNO2S. The Balaban J connectivity index is 2.57. The Bertz CT molecular complexity index is 358. The van der Waals surface area contributed by atoms with Gasteiger partial charge in [-0.25, -0.2) is 0 Å². The molecule has 0 aliphatic rings. The lowest BCUT2D eigenvalue weighted by atomic mass is 10.1. The molecule has 0 spiro atoms. The minimum Gasteiger partial charge on any atom is -0.508 e. The third kappa shape index (κ3) is 4.39. The van der Waals surface area contributed by atoms with E-state index in [2.05, 4.69) is 5.32 Å². The highest BCUT2D eigenvalue weighted by molar-refractivity contribution is 7.99. The van der Waals surface area contributed by atoms with Crippen molar-refractivity contribution in [2.45, 2.75) is 24.8 Å². The number of halogens is 1. The van der Waals surface area contributed by atoms with Gasteiger partial charge in [-0.05, 0) is 31.4 Å². The van der Waals surface area contributed by atoms with E-state index >= 15 is 0 Å². The molecule has 0 radical (unpaired) electrons. The summed E-state index contributed by atoms with van der Waals surface area (Å²) in [5, 5.41) is 22.8. The summed E-state index contributed by atoms with van der Waals surface area (Å²) in [7, 11) is 0. The van der Waals surface area contributed by atoms with Gasteiger partial charge in [0, 0.05) is 28.4 Å². The number of phenols is 1. The Morgan fingerprint density at radius 3 is 2.76 bits per heavy atom. The van der Waals surface area contributed by atoms with Gasteiger partial charge in [-0.2, -0.15) is 11.8 Å². The van der Waals surface area contributed by atoms with Gasteiger partial charge in [-0.3, -0.25) is 0 Å². The van der Waals surface area contributed by atoms with Gasteiger partial charge in [-0.1, -0.05) is 11.6 Å². The smallest absolute Gasteiger partial charge is 0.120 e. The number of hydrogen-bond acceptors (Lipinski definition) is 4. The lowest BCUT2D eigenvalue weighted by Crippen LogP contribution is -2.37. The standard InChI is InChI=1S/C12H18ClNO2S/c1-8(12(7-15)17-2)14-6-9-5-10(13)3-4-11(9)16/h3-5,8,12,14-16H,6-7H2,1-2H3. The minimum atomic E-state index is 0.136. The van der Waals surface area contributed by atoms with E-state index < -0.39 is 0 Å². The van der Waals surface area contributed by atoms with Crippen LogP contribution in [-0.4, -0.2) is 34.4 Å². The summed E-state index contributed by atoms with van der Waals surface area (Å²) in [6, 6.07) is 5.14. The molecule has 0 fully saturated rings. The van der Waals surface area contributed by atoms with Crippen LogP contribution >= 0.6 is 23.4 Å². The van der Waals surface area contributed by atoms with Crippen LogP contribution in [0.4, 0.5) is 0 Å². The van der Waals surface area contributed by atoms with E-state index in [9.17, 15) is 5.11 Å². The highest BCUT2D eigenvalue weighted by Crippen LogP contribution is 2.21. The molecule has 0 heterocycles. The van der Waals surface area contributed by atoms with E-state index in [-0.39, 0.29) is 23.6 Å². The van der Waals surface area contributed by atoms with E-state index in [0.29, 0.717) is 11.6 Å². The fourth-order valence-corrected chi connectivity index (χ4v) is 2.38. The molecule has 0 bridgehead atoms. The Morgan fingerprint density at radius 1 is 1.47 bits per heavy atom. The molecule has 0 saturated carbocycles. The zero-order chi connectivity index (χ0) is 12.8. The third-order valence-corrected chi connectivity index (χ3v) is 4.09. The van der Waals surface area contributed by atoms with Gasteiger partial charge in [0.1, 0.15) is 5.75 Å². The third-order valence-electron chi connectivity index (χ3n) is 2.70. The number of aliphatic hydroxyl groups is 1. The molecule has 0 aromatic heterocycles. The number of aromatic hydroxyl groups is 1. The van der Waals surface area contributed by atoms with Crippen molar-refractivity contribution < 1.29 is 10.2 Å². The van der Waals surface area contributed by atoms with Crippen molar-refractivity contribution in [1.82, 2.24) is 5.32 Å². The van der Waals surface area contributed by atoms with Crippen molar-refractivity contribution in [3.8, 4) is 5.75 Å². The summed E-state index contributed by atoms with van der Waals surface area (Å²) in [6.45, 7) is 2.68. The topological polar surface area (TPSA) is 52.5 Å². The quantitative estimate of drug-likeness (QED) is 0.745. The Kier molecular flexibility index (Phi) is 6.12. The number of phenolic OH excluding ortho intramolecular Hbond substituents is 1. The molecule has 1 aromatic rings. The van der Waals surface area contributed by atoms with E-state index in [1.807, 2.05) is 13.2 Å². The van der Waals surface area contributed by atoms with Gasteiger partial charge in [0.05, 0.1) is 6.61 Å². The van der Waals surface area contributed by atoms with Crippen molar-refractivity contribution >= 4 is 23.4 Å². The fourth-order valence-electron chi connectivity index (χ4n) is 1.53. The summed E-state index contributed by atoms with van der Waals surface area (Å²) >= 11 is 7.49. The SMILES string of the molecule is CSC(CO)C(C)NCc1cc(Cl)ccc1O. The second-order valence-electron chi connectivity index (χ2n) is 3.90. The fraction of sp³-hybridized carbons (Fsp3) is 0.500. The first-order valence-corrected chi connectivity index (χ1v) is 7.09. The maximum atomic E-state index is 9.65. The first-order valence-electron chi connectivity index (χ1n) is 5.43. The van der Waals surface area contributed by atoms with Crippen LogP contribution in [-0.2, 0) is 6.54 Å². The number of benzene rings is 1. The van der Waals surface area contributed by atoms with Gasteiger partial charge in [0.2, 0.25) is 0 Å². The Morgan fingerprint density at radius 2 is 2.18 bits per heavy atom. The van der Waals surface area contributed by atoms with Gasteiger partial charge < -0.3 is 15.5 Å². The molecule has 5 heteroatoms. The van der Waals surface area contributed by atoms with Gasteiger partial charge in [-0.15, -0.1) is 0 Å². The first kappa shape index (κ1) is 14.6. The van der Waals surface area contributed by atoms with Crippen LogP contribution < -0.4 is 5.32 Å². The van der Waals surface area contributed by atoms with Crippen LogP contribution in [0.2, 0.25) is 5.02 Å². The molecule has 96 valence electrons. The summed E-state index contributed by atoms with van der Waals surface area (Å²) in [5.74, 6) is 0.235. The number of hydrogen-bond donors (Lipinski definition) is 3. The first-order chi connectivity index (χ1) is 8.08. The Hall–Kier alpha value is -0.420. The predicted octanol–water partition coefficient (Wildman–Crippen LogP) is 2.25. The monoisotopic (exact) mass is 275 g/mol. The molecule has 3 N–H and O–H groups in total. The number of rotatable bonds is 6. The zero-order valence-corrected chi connectivity index (χ0v) is 11.6. The van der Waals surface area contributed by atoms with Crippen LogP contribution in [0.15, 0.2) is 18.2 Å². The molecule has 1 aromatic carbocycles. The molecule has 0 saturated heterocycles. The van der Waals surface area contributed by atoms with E-state index in [4.69, 9.17) is 16.7 Å².